The number of para-hydroxylation sites is 1. The quantitative estimate of drug-likeness (QED) is 0.278. The summed E-state index contributed by atoms with van der Waals surface area (Å²) in [6.45, 7) is 13.1. The van der Waals surface area contributed by atoms with Gasteiger partial charge < -0.3 is 9.47 Å². The molecule has 0 bridgehead atoms. The average Bonchev–Trinajstić information content (AvgIpc) is 3.42. The van der Waals surface area contributed by atoms with Gasteiger partial charge in [0.05, 0.1) is 10.9 Å². The molecule has 188 valence electrons. The van der Waals surface area contributed by atoms with Gasteiger partial charge in [0.15, 0.2) is 5.82 Å². The van der Waals surface area contributed by atoms with Crippen LogP contribution in [0.15, 0.2) is 52.3 Å². The largest absolute Gasteiger partial charge is 0.443 e. The van der Waals surface area contributed by atoms with Crippen LogP contribution in [0.4, 0.5) is 10.5 Å². The van der Waals surface area contributed by atoms with Crippen molar-refractivity contribution in [3.63, 3.8) is 0 Å². The van der Waals surface area contributed by atoms with Crippen LogP contribution in [0.25, 0.3) is 11.4 Å². The second kappa shape index (κ2) is 10.9. The van der Waals surface area contributed by atoms with Crippen LogP contribution in [0.5, 0.6) is 0 Å². The van der Waals surface area contributed by atoms with Crippen molar-refractivity contribution in [2.24, 2.45) is 0 Å². The van der Waals surface area contributed by atoms with Gasteiger partial charge in [0.1, 0.15) is 12.3 Å². The molecule has 1 atom stereocenters. The Bertz CT molecular complexity index is 1130. The van der Waals surface area contributed by atoms with Crippen LogP contribution in [0, 0.1) is 0 Å². The third-order valence-corrected chi connectivity index (χ3v) is 6.29. The highest BCUT2D eigenvalue weighted by molar-refractivity contribution is 8.00. The van der Waals surface area contributed by atoms with Crippen molar-refractivity contribution in [3.8, 4) is 11.4 Å². The van der Waals surface area contributed by atoms with Crippen LogP contribution in [0.2, 0.25) is 0 Å². The predicted octanol–water partition coefficient (Wildman–Crippen LogP) is 6.08. The second-order valence-corrected chi connectivity index (χ2v) is 12.0. The van der Waals surface area contributed by atoms with E-state index in [-0.39, 0.29) is 17.8 Å². The first kappa shape index (κ1) is 26.9. The molecular weight excluding hydrogens is 484 g/mol. The Morgan fingerprint density at radius 1 is 1.06 bits per heavy atom. The Morgan fingerprint density at radius 2 is 1.74 bits per heavy atom. The number of carbonyl (C=O) groups excluding carboxylic acids is 2. The molecule has 1 aromatic carbocycles. The maximum absolute atomic E-state index is 13.6. The van der Waals surface area contributed by atoms with Crippen LogP contribution in [0.1, 0.15) is 48.5 Å². The number of thiophene rings is 1. The number of hydrogen-bond acceptors (Lipinski definition) is 8. The van der Waals surface area contributed by atoms with Crippen LogP contribution in [-0.2, 0) is 14.3 Å². The SMILES string of the molecule is CC(Sc1nnc(-c2ccsc2)n1C(=O)OC(C)(C)C)C(=O)N(COC(C)(C)C)c1ccccc1. The van der Waals surface area contributed by atoms with Crippen molar-refractivity contribution < 1.29 is 19.1 Å². The van der Waals surface area contributed by atoms with Crippen molar-refractivity contribution >= 4 is 40.8 Å². The molecule has 0 spiro atoms. The monoisotopic (exact) mass is 516 g/mol. The third-order valence-electron chi connectivity index (χ3n) is 4.58. The summed E-state index contributed by atoms with van der Waals surface area (Å²) in [5, 5.41) is 12.0. The summed E-state index contributed by atoms with van der Waals surface area (Å²) in [4.78, 5) is 28.3. The Hall–Kier alpha value is -2.69. The van der Waals surface area contributed by atoms with E-state index < -0.39 is 22.5 Å². The molecule has 1 unspecified atom stereocenters. The third kappa shape index (κ3) is 7.39. The Morgan fingerprint density at radius 3 is 2.31 bits per heavy atom. The molecule has 0 saturated carbocycles. The fraction of sp³-hybridized carbons (Fsp3) is 0.440. The highest BCUT2D eigenvalue weighted by Gasteiger charge is 2.30. The zero-order valence-electron chi connectivity index (χ0n) is 21.1. The Kier molecular flexibility index (Phi) is 8.40. The summed E-state index contributed by atoms with van der Waals surface area (Å²) in [5.74, 6) is 0.194. The van der Waals surface area contributed by atoms with Gasteiger partial charge in [0.2, 0.25) is 11.1 Å². The molecule has 3 rings (SSSR count). The van der Waals surface area contributed by atoms with Gasteiger partial charge in [-0.3, -0.25) is 9.69 Å². The molecule has 2 heterocycles. The highest BCUT2D eigenvalue weighted by Crippen LogP contribution is 2.30. The van der Waals surface area contributed by atoms with E-state index in [9.17, 15) is 9.59 Å². The van der Waals surface area contributed by atoms with Crippen LogP contribution in [-0.4, -0.2) is 49.9 Å². The Labute approximate surface area is 214 Å². The van der Waals surface area contributed by atoms with Crippen molar-refractivity contribution in [2.75, 3.05) is 11.6 Å². The minimum atomic E-state index is -0.703. The molecule has 0 radical (unpaired) electrons. The summed E-state index contributed by atoms with van der Waals surface area (Å²) in [5.41, 5.74) is 0.353. The van der Waals surface area contributed by atoms with E-state index in [2.05, 4.69) is 10.2 Å². The number of carbonyl (C=O) groups is 2. The van der Waals surface area contributed by atoms with Gasteiger partial charge in [0, 0.05) is 16.6 Å². The summed E-state index contributed by atoms with van der Waals surface area (Å²) < 4.78 is 12.9. The van der Waals surface area contributed by atoms with Gasteiger partial charge in [-0.2, -0.15) is 11.3 Å². The maximum atomic E-state index is 13.6. The Balaban J connectivity index is 1.90. The second-order valence-electron chi connectivity index (χ2n) is 9.88. The lowest BCUT2D eigenvalue weighted by Crippen LogP contribution is -2.41. The number of aromatic nitrogens is 3. The van der Waals surface area contributed by atoms with Gasteiger partial charge in [-0.25, -0.2) is 9.36 Å². The zero-order valence-corrected chi connectivity index (χ0v) is 22.8. The number of anilines is 1. The van der Waals surface area contributed by atoms with E-state index >= 15 is 0 Å². The molecular formula is C25H32N4O4S2. The first-order valence-electron chi connectivity index (χ1n) is 11.2. The fourth-order valence-corrected chi connectivity index (χ4v) is 4.49. The van der Waals surface area contributed by atoms with E-state index in [1.54, 1.807) is 32.6 Å². The number of benzene rings is 1. The van der Waals surface area contributed by atoms with Crippen molar-refractivity contribution in [1.82, 2.24) is 14.8 Å². The molecule has 3 aromatic rings. The standard InChI is InChI=1S/C25H32N4O4S2/c1-17(21(30)28(16-32-24(2,3)4)19-11-9-8-10-12-19)35-22-27-26-20(18-13-14-34-15-18)29(22)23(31)33-25(5,6)7/h8-15,17H,16H2,1-7H3. The molecule has 0 aliphatic carbocycles. The molecule has 0 saturated heterocycles. The van der Waals surface area contributed by atoms with Gasteiger partial charge >= 0.3 is 6.09 Å². The van der Waals surface area contributed by atoms with Gasteiger partial charge in [-0.1, -0.05) is 30.0 Å². The number of ether oxygens (including phenoxy) is 2. The summed E-state index contributed by atoms with van der Waals surface area (Å²) >= 11 is 2.64. The molecule has 0 fully saturated rings. The molecule has 8 nitrogen and oxygen atoms in total. The van der Waals surface area contributed by atoms with E-state index in [0.717, 1.165) is 23.0 Å². The molecule has 0 aliphatic rings. The number of amides is 1. The minimum Gasteiger partial charge on any atom is -0.443 e. The van der Waals surface area contributed by atoms with Gasteiger partial charge in [-0.15, -0.1) is 10.2 Å². The average molecular weight is 517 g/mol. The fourth-order valence-electron chi connectivity index (χ4n) is 2.96. The molecule has 2 aromatic heterocycles. The molecule has 1 amide bonds. The molecule has 0 aliphatic heterocycles. The lowest BCUT2D eigenvalue weighted by atomic mass is 10.2. The zero-order chi connectivity index (χ0) is 25.8. The van der Waals surface area contributed by atoms with Crippen LogP contribution >= 0.6 is 23.1 Å². The first-order valence-corrected chi connectivity index (χ1v) is 13.1. The van der Waals surface area contributed by atoms with Crippen molar-refractivity contribution in [2.45, 2.75) is 70.1 Å². The first-order chi connectivity index (χ1) is 16.4. The topological polar surface area (TPSA) is 86.6 Å². The number of thioether (sulfide) groups is 1. The van der Waals surface area contributed by atoms with E-state index in [4.69, 9.17) is 9.47 Å². The number of nitrogens with zero attached hydrogens (tertiary/aromatic N) is 4. The molecule has 35 heavy (non-hydrogen) atoms. The lowest BCUT2D eigenvalue weighted by molar-refractivity contribution is -0.120. The van der Waals surface area contributed by atoms with Gasteiger partial charge in [-0.05, 0) is 72.0 Å². The van der Waals surface area contributed by atoms with Crippen molar-refractivity contribution in [3.05, 3.63) is 47.2 Å². The summed E-state index contributed by atoms with van der Waals surface area (Å²) in [7, 11) is 0. The maximum Gasteiger partial charge on any atom is 0.422 e. The molecule has 0 N–H and O–H groups in total. The van der Waals surface area contributed by atoms with E-state index in [0.29, 0.717) is 5.82 Å². The normalized spacial score (nSPS) is 12.9. The minimum absolute atomic E-state index is 0.0934. The van der Waals surface area contributed by atoms with Gasteiger partial charge in [0.25, 0.3) is 0 Å². The van der Waals surface area contributed by atoms with Crippen molar-refractivity contribution in [1.29, 1.82) is 0 Å². The van der Waals surface area contributed by atoms with E-state index in [1.807, 2.05) is 67.9 Å². The van der Waals surface area contributed by atoms with Crippen LogP contribution < -0.4 is 4.90 Å². The molecule has 10 heteroatoms. The van der Waals surface area contributed by atoms with Crippen LogP contribution in [0.3, 0.4) is 0 Å². The number of rotatable bonds is 7. The number of hydrogen-bond donors (Lipinski definition) is 0. The van der Waals surface area contributed by atoms with E-state index in [1.165, 1.54) is 15.9 Å². The lowest BCUT2D eigenvalue weighted by Gasteiger charge is -2.29. The summed E-state index contributed by atoms with van der Waals surface area (Å²) in [6.07, 6.45) is -0.596. The summed E-state index contributed by atoms with van der Waals surface area (Å²) in [6, 6.07) is 11.2. The highest BCUT2D eigenvalue weighted by atomic mass is 32.2. The predicted molar refractivity (Wildman–Crippen MR) is 140 cm³/mol. The smallest absolute Gasteiger partial charge is 0.422 e.